The molecule has 2 fully saturated rings. The van der Waals surface area contributed by atoms with Crippen molar-refractivity contribution in [1.82, 2.24) is 0 Å². The second-order valence-electron chi connectivity index (χ2n) is 9.55. The first-order valence-electron chi connectivity index (χ1n) is 9.57. The van der Waals surface area contributed by atoms with Crippen molar-refractivity contribution in [2.75, 3.05) is 0 Å². The maximum absolute atomic E-state index is 6.43. The Morgan fingerprint density at radius 2 is 1.11 bits per heavy atom. The van der Waals surface area contributed by atoms with Gasteiger partial charge in [-0.25, -0.2) is 0 Å². The Morgan fingerprint density at radius 1 is 0.667 bits per heavy atom. The van der Waals surface area contributed by atoms with Crippen LogP contribution in [0.5, 0.6) is 0 Å². The predicted octanol–water partition coefficient (Wildman–Crippen LogP) is 2.50. The molecule has 7 heteroatoms. The molecule has 0 radical (unpaired) electrons. The average Bonchev–Trinajstić information content (AvgIpc) is 3.07. The van der Waals surface area contributed by atoms with Crippen LogP contribution in [0.25, 0.3) is 8.79 Å². The number of fused-ring (bicyclic) bond motifs is 1. The topological polar surface area (TPSA) is 36.9 Å². The molecule has 2 saturated heterocycles. The Labute approximate surface area is 172 Å². The van der Waals surface area contributed by atoms with Gasteiger partial charge in [0.1, 0.15) is 0 Å². The van der Waals surface area contributed by atoms with Crippen molar-refractivity contribution in [3.8, 4) is 0 Å². The summed E-state index contributed by atoms with van der Waals surface area (Å²) < 4.78 is 28.3. The van der Waals surface area contributed by atoms with E-state index < -0.39 is 27.5 Å². The minimum atomic E-state index is -0.609. The number of hydrogen-bond donors (Lipinski definition) is 0. The van der Waals surface area contributed by atoms with Crippen molar-refractivity contribution in [2.45, 2.75) is 77.8 Å². The van der Waals surface area contributed by atoms with E-state index in [0.29, 0.717) is 0 Å². The molecule has 1 aromatic heterocycles. The van der Waals surface area contributed by atoms with Crippen LogP contribution in [0.4, 0.5) is 0 Å². The van der Waals surface area contributed by atoms with Crippen molar-refractivity contribution >= 4 is 52.4 Å². The summed E-state index contributed by atoms with van der Waals surface area (Å²) in [5.74, 6) is 0. The molecule has 0 bridgehead atoms. The fourth-order valence-corrected chi connectivity index (χ4v) is 6.78. The molecule has 3 heterocycles. The molecule has 0 aliphatic carbocycles. The molecule has 2 aromatic rings. The predicted molar refractivity (Wildman–Crippen MR) is 112 cm³/mol. The van der Waals surface area contributed by atoms with E-state index in [-0.39, 0.29) is 29.5 Å². The van der Waals surface area contributed by atoms with E-state index in [4.69, 9.17) is 18.6 Å². The van der Waals surface area contributed by atoms with Gasteiger partial charge in [0.25, 0.3) is 0 Å². The molecule has 0 amide bonds. The van der Waals surface area contributed by atoms with Gasteiger partial charge in [0.15, 0.2) is 0 Å². The van der Waals surface area contributed by atoms with Gasteiger partial charge in [-0.05, 0) is 0 Å². The summed E-state index contributed by atoms with van der Waals surface area (Å²) in [5, 5.41) is 1.24. The van der Waals surface area contributed by atoms with Crippen molar-refractivity contribution in [1.29, 1.82) is 0 Å². The van der Waals surface area contributed by atoms with Crippen molar-refractivity contribution < 1.29 is 18.6 Å². The zero-order chi connectivity index (χ0) is 19.8. The van der Waals surface area contributed by atoms with Crippen LogP contribution in [-0.4, -0.2) is 57.1 Å². The van der Waals surface area contributed by atoms with E-state index in [1.807, 2.05) is 0 Å². The summed E-state index contributed by atoms with van der Waals surface area (Å²) in [6, 6.07) is 8.60. The molecule has 0 spiro atoms. The van der Waals surface area contributed by atoms with Gasteiger partial charge in [0.05, 0.1) is 0 Å². The molecular weight excluding hydrogens is 453 g/mol. The summed E-state index contributed by atoms with van der Waals surface area (Å²) in [4.78, 5) is 0. The molecule has 2 aliphatic rings. The average molecular weight is 482 g/mol. The second-order valence-corrected chi connectivity index (χ2v) is 12.6. The molecule has 0 unspecified atom stereocenters. The quantitative estimate of drug-likeness (QED) is 0.618. The van der Waals surface area contributed by atoms with Gasteiger partial charge in [-0.3, -0.25) is 0 Å². The third-order valence-corrected chi connectivity index (χ3v) is 10.1. The zero-order valence-corrected chi connectivity index (χ0v) is 19.8. The van der Waals surface area contributed by atoms with E-state index in [2.05, 4.69) is 79.7 Å². The molecule has 4 nitrogen and oxygen atoms in total. The molecule has 4 rings (SSSR count). The summed E-state index contributed by atoms with van der Waals surface area (Å²) in [5.41, 5.74) is -0.320. The van der Waals surface area contributed by atoms with Crippen LogP contribution in [0.15, 0.2) is 24.3 Å². The van der Waals surface area contributed by atoms with Crippen molar-refractivity contribution in [3.05, 3.63) is 24.3 Å². The fourth-order valence-electron chi connectivity index (χ4n) is 3.41. The summed E-state index contributed by atoms with van der Waals surface area (Å²) in [6.45, 7) is 16.8. The fraction of sp³-hybridized carbons (Fsp3) is 0.600. The first-order valence-corrected chi connectivity index (χ1v) is 11.9. The minimum absolute atomic E-state index is 0.334. The maximum atomic E-state index is 6.43. The van der Waals surface area contributed by atoms with Crippen LogP contribution in [-0.2, 0) is 18.6 Å². The summed E-state index contributed by atoms with van der Waals surface area (Å²) >= 11 is -0.609. The van der Waals surface area contributed by atoms with Crippen molar-refractivity contribution in [2.24, 2.45) is 0 Å². The Kier molecular flexibility index (Phi) is 4.53. The normalized spacial score (nSPS) is 25.5. The second kappa shape index (κ2) is 6.11. The van der Waals surface area contributed by atoms with Gasteiger partial charge in [-0.2, -0.15) is 0 Å². The van der Waals surface area contributed by atoms with Gasteiger partial charge in [-0.15, -0.1) is 0 Å². The van der Waals surface area contributed by atoms with E-state index in [1.54, 1.807) is 0 Å². The molecule has 2 aliphatic heterocycles. The van der Waals surface area contributed by atoms with E-state index in [0.717, 1.165) is 5.46 Å². The first-order chi connectivity index (χ1) is 12.3. The van der Waals surface area contributed by atoms with Crippen LogP contribution in [0.3, 0.4) is 0 Å². The van der Waals surface area contributed by atoms with Crippen LogP contribution in [0, 0.1) is 0 Å². The van der Waals surface area contributed by atoms with Gasteiger partial charge < -0.3 is 0 Å². The van der Waals surface area contributed by atoms with Crippen LogP contribution in [0.2, 0.25) is 0 Å². The molecule has 144 valence electrons. The van der Waals surface area contributed by atoms with Gasteiger partial charge in [-0.1, -0.05) is 0 Å². The molecule has 0 saturated carbocycles. The third kappa shape index (κ3) is 3.06. The molecule has 0 atom stereocenters. The van der Waals surface area contributed by atoms with Gasteiger partial charge in [0.2, 0.25) is 0 Å². The van der Waals surface area contributed by atoms with Crippen LogP contribution < -0.4 is 8.94 Å². The summed E-state index contributed by atoms with van der Waals surface area (Å²) in [6.07, 6.45) is 0. The molecule has 27 heavy (non-hydrogen) atoms. The first kappa shape index (κ1) is 20.0. The third-order valence-electron chi connectivity index (χ3n) is 6.62. The van der Waals surface area contributed by atoms with Crippen LogP contribution >= 0.6 is 0 Å². The Hall–Kier alpha value is -0.281. The van der Waals surface area contributed by atoms with E-state index in [9.17, 15) is 0 Å². The Bertz CT molecular complexity index is 855. The molecule has 1 aromatic carbocycles. The number of rotatable bonds is 2. The van der Waals surface area contributed by atoms with Crippen LogP contribution in [0.1, 0.15) is 55.4 Å². The molecular formula is C20H28B2O4Te. The van der Waals surface area contributed by atoms with Gasteiger partial charge >= 0.3 is 173 Å². The van der Waals surface area contributed by atoms with Crippen molar-refractivity contribution in [3.63, 3.8) is 0 Å². The van der Waals surface area contributed by atoms with Gasteiger partial charge in [0, 0.05) is 0 Å². The van der Waals surface area contributed by atoms with E-state index in [1.165, 1.54) is 12.3 Å². The number of hydrogen-bond acceptors (Lipinski definition) is 4. The standard InChI is InChI=1S/C20H28B2O4Te/c1-17(2)18(3,4)24-21(23-17)15-13-11-9-10-12-14(13)27-16(15)22-25-19(5,6)20(7,8)26-22/h9-12H,1-8H3. The molecule has 0 N–H and O–H groups in total. The number of benzene rings is 1. The Morgan fingerprint density at radius 3 is 1.63 bits per heavy atom. The monoisotopic (exact) mass is 484 g/mol. The summed E-state index contributed by atoms with van der Waals surface area (Å²) in [7, 11) is -0.725. The SMILES string of the molecule is CC1(C)OB(c2[te]c3ccccc3c2B2OC(C)(C)C(C)(C)O2)OC1(C)C. The Balaban J connectivity index is 1.83. The van der Waals surface area contributed by atoms with E-state index >= 15 is 0 Å². The zero-order valence-electron chi connectivity index (χ0n) is 17.5.